The molecule has 1 heterocycles. The van der Waals surface area contributed by atoms with Crippen molar-refractivity contribution in [3.05, 3.63) is 0 Å². The molecule has 0 saturated carbocycles. The number of piperazine rings is 1. The average molecular weight is 156 g/mol. The van der Waals surface area contributed by atoms with Gasteiger partial charge in [0.15, 0.2) is 0 Å². The lowest BCUT2D eigenvalue weighted by Crippen LogP contribution is -2.52. The van der Waals surface area contributed by atoms with Crippen molar-refractivity contribution >= 4 is 0 Å². The van der Waals surface area contributed by atoms with Crippen LogP contribution in [0.25, 0.3) is 0 Å². The summed E-state index contributed by atoms with van der Waals surface area (Å²) in [5.41, 5.74) is 0. The van der Waals surface area contributed by atoms with Crippen molar-refractivity contribution in [2.24, 2.45) is 0 Å². The molecule has 2 atom stereocenters. The second-order valence-electron chi connectivity index (χ2n) is 3.56. The van der Waals surface area contributed by atoms with Crippen LogP contribution < -0.4 is 10.6 Å². The topological polar surface area (TPSA) is 24.1 Å². The van der Waals surface area contributed by atoms with Crippen molar-refractivity contribution in [3.63, 3.8) is 0 Å². The number of unbranched alkanes of at least 4 members (excludes halogenated alkanes) is 1. The van der Waals surface area contributed by atoms with Crippen LogP contribution in [0.15, 0.2) is 0 Å². The first-order valence-corrected chi connectivity index (χ1v) is 4.79. The molecule has 1 saturated heterocycles. The van der Waals surface area contributed by atoms with E-state index < -0.39 is 0 Å². The first-order valence-electron chi connectivity index (χ1n) is 4.79. The summed E-state index contributed by atoms with van der Waals surface area (Å²) in [5, 5.41) is 7.02. The summed E-state index contributed by atoms with van der Waals surface area (Å²) in [5.74, 6) is 0. The van der Waals surface area contributed by atoms with Crippen molar-refractivity contribution in [2.75, 3.05) is 13.1 Å². The lowest BCUT2D eigenvalue weighted by atomic mass is 10.1. The standard InChI is InChI=1S/C9H20N2/c1-3-4-5-9-7-10-8(2)6-11-9/h8-11H,3-7H2,1-2H3. The van der Waals surface area contributed by atoms with Crippen LogP contribution in [0, 0.1) is 0 Å². The average Bonchev–Trinajstić information content (AvgIpc) is 2.04. The Kier molecular flexibility index (Phi) is 3.87. The second-order valence-corrected chi connectivity index (χ2v) is 3.56. The molecule has 0 aliphatic carbocycles. The molecule has 0 spiro atoms. The Morgan fingerprint density at radius 1 is 1.27 bits per heavy atom. The molecule has 1 fully saturated rings. The molecule has 1 aliphatic heterocycles. The molecule has 2 nitrogen and oxygen atoms in total. The van der Waals surface area contributed by atoms with Crippen LogP contribution >= 0.6 is 0 Å². The van der Waals surface area contributed by atoms with E-state index in [1.165, 1.54) is 19.3 Å². The lowest BCUT2D eigenvalue weighted by Gasteiger charge is -2.29. The predicted octanol–water partition coefficient (Wildman–Crippen LogP) is 1.13. The molecule has 2 heteroatoms. The highest BCUT2D eigenvalue weighted by Gasteiger charge is 2.14. The maximum absolute atomic E-state index is 3.54. The summed E-state index contributed by atoms with van der Waals surface area (Å²) in [6.45, 7) is 6.76. The van der Waals surface area contributed by atoms with Crippen molar-refractivity contribution in [1.29, 1.82) is 0 Å². The fourth-order valence-corrected chi connectivity index (χ4v) is 1.49. The van der Waals surface area contributed by atoms with E-state index in [4.69, 9.17) is 0 Å². The van der Waals surface area contributed by atoms with Gasteiger partial charge >= 0.3 is 0 Å². The van der Waals surface area contributed by atoms with Crippen LogP contribution in [0.5, 0.6) is 0 Å². The lowest BCUT2D eigenvalue weighted by molar-refractivity contribution is 0.341. The van der Waals surface area contributed by atoms with Gasteiger partial charge in [0.25, 0.3) is 0 Å². The summed E-state index contributed by atoms with van der Waals surface area (Å²) in [7, 11) is 0. The van der Waals surface area contributed by atoms with Gasteiger partial charge in [-0.05, 0) is 13.3 Å². The highest BCUT2D eigenvalue weighted by atomic mass is 15.1. The van der Waals surface area contributed by atoms with Crippen LogP contribution in [0.3, 0.4) is 0 Å². The first-order chi connectivity index (χ1) is 5.33. The SMILES string of the molecule is CCCCC1CNC(C)CN1. The number of nitrogens with one attached hydrogen (secondary N) is 2. The summed E-state index contributed by atoms with van der Waals surface area (Å²) in [6.07, 6.45) is 4.00. The van der Waals surface area contributed by atoms with E-state index >= 15 is 0 Å². The van der Waals surface area contributed by atoms with Gasteiger partial charge in [-0.25, -0.2) is 0 Å². The van der Waals surface area contributed by atoms with E-state index in [0.29, 0.717) is 6.04 Å². The minimum absolute atomic E-state index is 0.660. The molecule has 1 aliphatic rings. The van der Waals surface area contributed by atoms with Gasteiger partial charge in [0, 0.05) is 25.2 Å². The van der Waals surface area contributed by atoms with Gasteiger partial charge in [-0.2, -0.15) is 0 Å². The highest BCUT2D eigenvalue weighted by Crippen LogP contribution is 2.02. The molecule has 0 aromatic carbocycles. The molecular formula is C9H20N2. The van der Waals surface area contributed by atoms with Gasteiger partial charge in [-0.3, -0.25) is 0 Å². The highest BCUT2D eigenvalue weighted by molar-refractivity contribution is 4.79. The Bertz CT molecular complexity index is 93.0. The van der Waals surface area contributed by atoms with Crippen LogP contribution in [-0.4, -0.2) is 25.2 Å². The summed E-state index contributed by atoms with van der Waals surface area (Å²) in [4.78, 5) is 0. The molecule has 2 N–H and O–H groups in total. The normalized spacial score (nSPS) is 32.2. The fraction of sp³-hybridized carbons (Fsp3) is 1.00. The van der Waals surface area contributed by atoms with Crippen LogP contribution in [0.1, 0.15) is 33.1 Å². The minimum Gasteiger partial charge on any atom is -0.311 e. The smallest absolute Gasteiger partial charge is 0.0193 e. The maximum atomic E-state index is 3.54. The number of hydrogen-bond acceptors (Lipinski definition) is 2. The van der Waals surface area contributed by atoms with Crippen molar-refractivity contribution in [3.8, 4) is 0 Å². The van der Waals surface area contributed by atoms with Crippen LogP contribution in [-0.2, 0) is 0 Å². The molecule has 0 aromatic rings. The van der Waals surface area contributed by atoms with Gasteiger partial charge in [0.05, 0.1) is 0 Å². The zero-order valence-electron chi connectivity index (χ0n) is 7.69. The quantitative estimate of drug-likeness (QED) is 0.640. The second kappa shape index (κ2) is 4.73. The van der Waals surface area contributed by atoms with E-state index in [1.54, 1.807) is 0 Å². The Labute approximate surface area is 69.8 Å². The Morgan fingerprint density at radius 2 is 2.09 bits per heavy atom. The van der Waals surface area contributed by atoms with E-state index in [2.05, 4.69) is 24.5 Å². The monoisotopic (exact) mass is 156 g/mol. The van der Waals surface area contributed by atoms with Crippen LogP contribution in [0.2, 0.25) is 0 Å². The molecule has 0 amide bonds. The molecule has 0 bridgehead atoms. The van der Waals surface area contributed by atoms with E-state index in [9.17, 15) is 0 Å². The number of rotatable bonds is 3. The predicted molar refractivity (Wildman–Crippen MR) is 48.8 cm³/mol. The maximum Gasteiger partial charge on any atom is 0.0193 e. The van der Waals surface area contributed by atoms with Gasteiger partial charge in [0.2, 0.25) is 0 Å². The molecule has 1 rings (SSSR count). The van der Waals surface area contributed by atoms with Crippen molar-refractivity contribution < 1.29 is 0 Å². The van der Waals surface area contributed by atoms with Gasteiger partial charge in [-0.15, -0.1) is 0 Å². The fourth-order valence-electron chi connectivity index (χ4n) is 1.49. The molecule has 66 valence electrons. The Balaban J connectivity index is 2.07. The Hall–Kier alpha value is -0.0800. The van der Waals surface area contributed by atoms with Crippen molar-refractivity contribution in [1.82, 2.24) is 10.6 Å². The van der Waals surface area contributed by atoms with E-state index in [0.717, 1.165) is 19.1 Å². The summed E-state index contributed by atoms with van der Waals surface area (Å²) in [6, 6.07) is 1.39. The zero-order valence-corrected chi connectivity index (χ0v) is 7.69. The first kappa shape index (κ1) is 9.01. The third-order valence-electron chi connectivity index (χ3n) is 2.33. The van der Waals surface area contributed by atoms with Crippen LogP contribution in [0.4, 0.5) is 0 Å². The molecule has 0 radical (unpaired) electrons. The molecule has 0 aromatic heterocycles. The third-order valence-corrected chi connectivity index (χ3v) is 2.33. The van der Waals surface area contributed by atoms with Gasteiger partial charge in [0.1, 0.15) is 0 Å². The summed E-state index contributed by atoms with van der Waals surface area (Å²) >= 11 is 0. The van der Waals surface area contributed by atoms with Gasteiger partial charge < -0.3 is 10.6 Å². The number of hydrogen-bond donors (Lipinski definition) is 2. The largest absolute Gasteiger partial charge is 0.311 e. The molecular weight excluding hydrogens is 136 g/mol. The summed E-state index contributed by atoms with van der Waals surface area (Å²) < 4.78 is 0. The Morgan fingerprint density at radius 3 is 2.64 bits per heavy atom. The van der Waals surface area contributed by atoms with Crippen molar-refractivity contribution in [2.45, 2.75) is 45.2 Å². The van der Waals surface area contributed by atoms with E-state index in [-0.39, 0.29) is 0 Å². The third kappa shape index (κ3) is 3.21. The zero-order chi connectivity index (χ0) is 8.10. The minimum atomic E-state index is 0.660. The molecule has 11 heavy (non-hydrogen) atoms. The molecule has 2 unspecified atom stereocenters. The van der Waals surface area contributed by atoms with Gasteiger partial charge in [-0.1, -0.05) is 19.8 Å². The van der Waals surface area contributed by atoms with E-state index in [1.807, 2.05) is 0 Å².